The summed E-state index contributed by atoms with van der Waals surface area (Å²) in [5.41, 5.74) is 7.61. The van der Waals surface area contributed by atoms with Gasteiger partial charge in [-0.1, -0.05) is 35.9 Å². The summed E-state index contributed by atoms with van der Waals surface area (Å²) < 4.78 is 8.10. The summed E-state index contributed by atoms with van der Waals surface area (Å²) >= 11 is 0. The lowest BCUT2D eigenvalue weighted by atomic mass is 9.53. The number of carboxylic acids is 1. The van der Waals surface area contributed by atoms with Crippen molar-refractivity contribution in [3.05, 3.63) is 77.0 Å². The van der Waals surface area contributed by atoms with Gasteiger partial charge in [-0.15, -0.1) is 0 Å². The molecule has 1 saturated heterocycles. The van der Waals surface area contributed by atoms with Crippen LogP contribution in [0.4, 0.5) is 0 Å². The van der Waals surface area contributed by atoms with E-state index in [0.717, 1.165) is 47.8 Å². The minimum Gasteiger partial charge on any atom is -0.478 e. The van der Waals surface area contributed by atoms with E-state index in [9.17, 15) is 4.79 Å². The molecule has 5 fully saturated rings. The Labute approximate surface area is 217 Å². The van der Waals surface area contributed by atoms with Crippen molar-refractivity contribution in [1.29, 1.82) is 0 Å². The van der Waals surface area contributed by atoms with Gasteiger partial charge in [0.15, 0.2) is 6.23 Å². The Morgan fingerprint density at radius 2 is 1.68 bits per heavy atom. The Balaban J connectivity index is 1.32. The summed E-state index contributed by atoms with van der Waals surface area (Å²) in [4.78, 5) is 11.0. The number of hydrogen-bond acceptors (Lipinski definition) is 3. The molecular weight excluding hydrogens is 460 g/mol. The first-order valence-corrected chi connectivity index (χ1v) is 14.0. The zero-order valence-corrected chi connectivity index (χ0v) is 21.2. The number of carboxylic acid groups (broad SMARTS) is 1. The van der Waals surface area contributed by atoms with Gasteiger partial charge in [-0.05, 0) is 116 Å². The third-order valence-electron chi connectivity index (χ3n) is 9.24. The molecular formula is C32H34N2O3. The van der Waals surface area contributed by atoms with Crippen LogP contribution in [0.2, 0.25) is 0 Å². The van der Waals surface area contributed by atoms with Crippen LogP contribution < -0.4 is 0 Å². The fourth-order valence-electron chi connectivity index (χ4n) is 7.88. The average Bonchev–Trinajstić information content (AvgIpc) is 3.33. The second kappa shape index (κ2) is 9.29. The molecule has 4 bridgehead atoms. The number of rotatable bonds is 5. The highest BCUT2D eigenvalue weighted by Gasteiger charge is 2.46. The highest BCUT2D eigenvalue weighted by Crippen LogP contribution is 2.58. The number of hydrogen-bond donors (Lipinski definition) is 1. The summed E-state index contributed by atoms with van der Waals surface area (Å²) in [5, 5.41) is 14.9. The van der Waals surface area contributed by atoms with E-state index in [2.05, 4.69) is 35.0 Å². The summed E-state index contributed by atoms with van der Waals surface area (Å²) in [7, 11) is 0. The molecule has 1 atom stereocenters. The van der Waals surface area contributed by atoms with E-state index in [1.807, 2.05) is 18.3 Å². The van der Waals surface area contributed by atoms with Crippen LogP contribution in [0.5, 0.6) is 0 Å². The molecule has 3 aromatic rings. The van der Waals surface area contributed by atoms with E-state index in [0.29, 0.717) is 11.8 Å². The zero-order valence-electron chi connectivity index (χ0n) is 21.2. The molecule has 1 unspecified atom stereocenters. The number of aromatic nitrogens is 2. The molecule has 5 nitrogen and oxygen atoms in total. The van der Waals surface area contributed by atoms with Gasteiger partial charge in [0.1, 0.15) is 0 Å². The molecule has 0 amide bonds. The first-order valence-electron chi connectivity index (χ1n) is 14.0. The molecule has 5 aliphatic rings. The number of carbonyl (C=O) groups is 1. The Bertz CT molecular complexity index is 1360. The maximum Gasteiger partial charge on any atom is 0.328 e. The number of aliphatic carboxylic acids is 1. The lowest BCUT2D eigenvalue weighted by Gasteiger charge is -2.52. The van der Waals surface area contributed by atoms with Crippen molar-refractivity contribution in [2.45, 2.75) is 57.6 Å². The quantitative estimate of drug-likeness (QED) is 0.385. The number of nitrogens with zero attached hydrogens (tertiary/aromatic N) is 2. The molecule has 190 valence electrons. The van der Waals surface area contributed by atoms with Crippen LogP contribution in [-0.2, 0) is 9.53 Å². The zero-order chi connectivity index (χ0) is 24.9. The van der Waals surface area contributed by atoms with Gasteiger partial charge in [0, 0.05) is 18.1 Å². The van der Waals surface area contributed by atoms with Gasteiger partial charge in [0.25, 0.3) is 0 Å². The van der Waals surface area contributed by atoms with Crippen LogP contribution >= 0.6 is 0 Å². The maximum atomic E-state index is 11.0. The topological polar surface area (TPSA) is 64.3 Å². The smallest absolute Gasteiger partial charge is 0.328 e. The van der Waals surface area contributed by atoms with Crippen molar-refractivity contribution < 1.29 is 14.6 Å². The monoisotopic (exact) mass is 494 g/mol. The largest absolute Gasteiger partial charge is 0.478 e. The molecule has 4 aliphatic carbocycles. The van der Waals surface area contributed by atoms with Crippen LogP contribution in [0.25, 0.3) is 22.6 Å². The summed E-state index contributed by atoms with van der Waals surface area (Å²) in [6, 6.07) is 15.3. The van der Waals surface area contributed by atoms with Gasteiger partial charge >= 0.3 is 5.97 Å². The SMILES string of the molecule is O=C(O)C=Cc1ccc(C(c2ccc3c(cnn3C3CCCCO3)c2)=C2[C@H]3CC4CC(C3)C[C@@H]2C4)cc1. The van der Waals surface area contributed by atoms with Gasteiger partial charge < -0.3 is 9.84 Å². The molecule has 0 radical (unpaired) electrons. The van der Waals surface area contributed by atoms with Crippen molar-refractivity contribution in [3.8, 4) is 0 Å². The number of fused-ring (bicyclic) bond motifs is 1. The second-order valence-corrected chi connectivity index (χ2v) is 11.6. The summed E-state index contributed by atoms with van der Waals surface area (Å²) in [6.07, 6.45) is 15.0. The van der Waals surface area contributed by atoms with E-state index >= 15 is 0 Å². The third kappa shape index (κ3) is 4.23. The van der Waals surface area contributed by atoms with Crippen molar-refractivity contribution >= 4 is 28.5 Å². The summed E-state index contributed by atoms with van der Waals surface area (Å²) in [5.74, 6) is 2.27. The fourth-order valence-corrected chi connectivity index (χ4v) is 7.88. The summed E-state index contributed by atoms with van der Waals surface area (Å²) in [6.45, 7) is 0.808. The predicted octanol–water partition coefficient (Wildman–Crippen LogP) is 7.09. The maximum absolute atomic E-state index is 11.0. The normalized spacial score (nSPS) is 28.9. The standard InChI is InChI=1S/C32H34N2O3/c35-30(36)11-6-20-4-7-23(8-5-20)31(32-25-14-21-13-22(16-25)17-26(32)15-21)24-9-10-28-27(18-24)19-33-34(28)29-3-1-2-12-37-29/h4-11,18-19,21-22,25-26,29H,1-3,12-17H2,(H,35,36)/t21?,22?,25-,26-,29?. The van der Waals surface area contributed by atoms with E-state index in [1.54, 1.807) is 11.6 Å². The van der Waals surface area contributed by atoms with Crippen LogP contribution in [0.15, 0.2) is 60.3 Å². The van der Waals surface area contributed by atoms with Gasteiger partial charge in [-0.25, -0.2) is 9.48 Å². The van der Waals surface area contributed by atoms with Crippen LogP contribution in [0.3, 0.4) is 0 Å². The van der Waals surface area contributed by atoms with Crippen molar-refractivity contribution in [2.24, 2.45) is 23.7 Å². The molecule has 5 heteroatoms. The molecule has 37 heavy (non-hydrogen) atoms. The molecule has 4 saturated carbocycles. The number of allylic oxidation sites excluding steroid dienone is 1. The molecule has 1 aliphatic heterocycles. The van der Waals surface area contributed by atoms with E-state index in [4.69, 9.17) is 14.9 Å². The molecule has 8 rings (SSSR count). The van der Waals surface area contributed by atoms with Crippen molar-refractivity contribution in [2.75, 3.05) is 6.61 Å². The van der Waals surface area contributed by atoms with Crippen molar-refractivity contribution in [3.63, 3.8) is 0 Å². The van der Waals surface area contributed by atoms with Gasteiger partial charge in [0.2, 0.25) is 0 Å². The number of ether oxygens (including phenoxy) is 1. The van der Waals surface area contributed by atoms with Gasteiger partial charge in [-0.3, -0.25) is 0 Å². The van der Waals surface area contributed by atoms with Crippen molar-refractivity contribution in [1.82, 2.24) is 9.78 Å². The lowest BCUT2D eigenvalue weighted by Crippen LogP contribution is -2.40. The Morgan fingerprint density at radius 1 is 0.946 bits per heavy atom. The Hall–Kier alpha value is -3.18. The van der Waals surface area contributed by atoms with Crippen LogP contribution in [0, 0.1) is 23.7 Å². The van der Waals surface area contributed by atoms with Gasteiger partial charge in [-0.2, -0.15) is 5.10 Å². The highest BCUT2D eigenvalue weighted by atomic mass is 16.5. The minimum atomic E-state index is -0.923. The minimum absolute atomic E-state index is 0.0331. The Kier molecular flexibility index (Phi) is 5.77. The Morgan fingerprint density at radius 3 is 2.35 bits per heavy atom. The molecule has 2 heterocycles. The molecule has 0 spiro atoms. The molecule has 2 aromatic carbocycles. The fraction of sp³-hybridized carbons (Fsp3) is 0.438. The van der Waals surface area contributed by atoms with Crippen LogP contribution in [-0.4, -0.2) is 27.5 Å². The molecule has 1 N–H and O–H groups in total. The van der Waals surface area contributed by atoms with E-state index in [-0.39, 0.29) is 6.23 Å². The average molecular weight is 495 g/mol. The molecule has 1 aromatic heterocycles. The lowest BCUT2D eigenvalue weighted by molar-refractivity contribution is -0.131. The van der Waals surface area contributed by atoms with E-state index in [1.165, 1.54) is 61.3 Å². The van der Waals surface area contributed by atoms with E-state index < -0.39 is 5.97 Å². The first-order chi connectivity index (χ1) is 18.1. The number of benzene rings is 2. The van der Waals surface area contributed by atoms with Crippen LogP contribution in [0.1, 0.15) is 74.3 Å². The predicted molar refractivity (Wildman–Crippen MR) is 145 cm³/mol. The highest BCUT2D eigenvalue weighted by molar-refractivity contribution is 5.90. The first kappa shape index (κ1) is 23.0. The second-order valence-electron chi connectivity index (χ2n) is 11.6. The van der Waals surface area contributed by atoms with Gasteiger partial charge in [0.05, 0.1) is 11.7 Å². The third-order valence-corrected chi connectivity index (χ3v) is 9.24.